The number of methoxy groups -OCH3 is 2. The number of rotatable bonds is 8. The second kappa shape index (κ2) is 11.2. The van der Waals surface area contributed by atoms with E-state index in [4.69, 9.17) is 37.2 Å². The van der Waals surface area contributed by atoms with Gasteiger partial charge in [0.2, 0.25) is 5.52 Å². The number of benzene rings is 2. The predicted molar refractivity (Wildman–Crippen MR) is 104 cm³/mol. The van der Waals surface area contributed by atoms with Gasteiger partial charge in [-0.2, -0.15) is 0 Å². The molecule has 0 bridgehead atoms. The molecule has 0 aliphatic carbocycles. The Morgan fingerprint density at radius 1 is 1.00 bits per heavy atom. The monoisotopic (exact) mass is 393 g/mol. The van der Waals surface area contributed by atoms with Crippen LogP contribution in [0.4, 0.5) is 0 Å². The Bertz CT molecular complexity index is 677. The standard InChI is InChI=1S/C17H17Cl2O4P.Li/c1-21-10-11-23-24(13-8-6-12(22-2)7-9-13)17(20)16-14(18)4-3-5-15(16)19;/h3-9H,10-11H2,1-2H3;. The van der Waals surface area contributed by atoms with Gasteiger partial charge in [0.05, 0.1) is 35.9 Å². The van der Waals surface area contributed by atoms with Gasteiger partial charge in [-0.3, -0.25) is 4.79 Å². The van der Waals surface area contributed by atoms with Crippen molar-refractivity contribution in [3.8, 4) is 5.75 Å². The van der Waals surface area contributed by atoms with Gasteiger partial charge >= 0.3 is 0 Å². The molecule has 0 spiro atoms. The fourth-order valence-corrected chi connectivity index (χ4v) is 4.31. The molecule has 0 aliphatic heterocycles. The molecule has 0 N–H and O–H groups in total. The summed E-state index contributed by atoms with van der Waals surface area (Å²) >= 11 is 12.3. The van der Waals surface area contributed by atoms with E-state index in [1.807, 2.05) is 0 Å². The summed E-state index contributed by atoms with van der Waals surface area (Å²) < 4.78 is 15.9. The number of carbonyl (C=O) groups excluding carboxylic acids is 1. The second-order valence-electron chi connectivity index (χ2n) is 4.72. The van der Waals surface area contributed by atoms with Crippen LogP contribution in [-0.4, -0.2) is 51.8 Å². The first-order valence-corrected chi connectivity index (χ1v) is 9.14. The summed E-state index contributed by atoms with van der Waals surface area (Å²) in [5.74, 6) is 0.703. The normalized spacial score (nSPS) is 11.5. The molecule has 0 amide bonds. The zero-order valence-corrected chi connectivity index (χ0v) is 16.7. The smallest absolute Gasteiger partial charge is 0.219 e. The Labute approximate surface area is 170 Å². The van der Waals surface area contributed by atoms with Crippen LogP contribution in [0.15, 0.2) is 42.5 Å². The zero-order valence-electron chi connectivity index (χ0n) is 14.3. The predicted octanol–water partition coefficient (Wildman–Crippen LogP) is 4.15. The molecule has 4 nitrogen and oxygen atoms in total. The van der Waals surface area contributed by atoms with Crippen LogP contribution in [0.1, 0.15) is 10.4 Å². The van der Waals surface area contributed by atoms with Gasteiger partial charge in [0, 0.05) is 31.3 Å². The van der Waals surface area contributed by atoms with Gasteiger partial charge in [0.15, 0.2) is 0 Å². The van der Waals surface area contributed by atoms with Crippen molar-refractivity contribution < 1.29 is 18.8 Å². The Hall–Kier alpha value is -0.563. The number of carbonyl (C=O) groups is 1. The first-order chi connectivity index (χ1) is 11.6. The molecule has 0 saturated heterocycles. The molecule has 1 atom stereocenters. The molecule has 2 aromatic carbocycles. The first kappa shape index (κ1) is 22.5. The minimum atomic E-state index is -1.60. The number of halogens is 2. The van der Waals surface area contributed by atoms with E-state index in [9.17, 15) is 4.79 Å². The van der Waals surface area contributed by atoms with E-state index >= 15 is 0 Å². The van der Waals surface area contributed by atoms with Gasteiger partial charge in [0.25, 0.3) is 0 Å². The summed E-state index contributed by atoms with van der Waals surface area (Å²) in [6.07, 6.45) is 0. The van der Waals surface area contributed by atoms with Gasteiger partial charge in [-0.1, -0.05) is 29.3 Å². The fraction of sp³-hybridized carbons (Fsp3) is 0.235. The molecule has 0 heterocycles. The van der Waals surface area contributed by atoms with Crippen molar-refractivity contribution >= 4 is 61.0 Å². The van der Waals surface area contributed by atoms with Crippen molar-refractivity contribution in [2.24, 2.45) is 0 Å². The molecule has 2 aromatic rings. The van der Waals surface area contributed by atoms with Gasteiger partial charge in [-0.05, 0) is 36.4 Å². The van der Waals surface area contributed by atoms with Crippen LogP contribution in [-0.2, 0) is 9.26 Å². The van der Waals surface area contributed by atoms with Crippen molar-refractivity contribution in [3.63, 3.8) is 0 Å². The van der Waals surface area contributed by atoms with E-state index < -0.39 is 8.15 Å². The third-order valence-electron chi connectivity index (χ3n) is 3.18. The zero-order chi connectivity index (χ0) is 17.5. The van der Waals surface area contributed by atoms with Crippen molar-refractivity contribution in [2.45, 2.75) is 0 Å². The SMILES string of the molecule is COCCOP(C(=O)c1c(Cl)cccc1Cl)c1ccc(OC)cc1.[Li]. The Balaban J connectivity index is 0.00000312. The molecule has 129 valence electrons. The molecule has 0 aliphatic rings. The van der Waals surface area contributed by atoms with E-state index in [0.717, 1.165) is 5.30 Å². The summed E-state index contributed by atoms with van der Waals surface area (Å²) in [6, 6.07) is 12.1. The number of ether oxygens (including phenoxy) is 2. The van der Waals surface area contributed by atoms with Crippen LogP contribution in [0.25, 0.3) is 0 Å². The van der Waals surface area contributed by atoms with Gasteiger partial charge in [-0.25, -0.2) is 0 Å². The molecule has 8 heteroatoms. The Morgan fingerprint density at radius 3 is 2.12 bits per heavy atom. The van der Waals surface area contributed by atoms with Crippen molar-refractivity contribution in [1.82, 2.24) is 0 Å². The fourth-order valence-electron chi connectivity index (χ4n) is 1.98. The third kappa shape index (κ3) is 5.98. The van der Waals surface area contributed by atoms with Crippen LogP contribution in [0.5, 0.6) is 5.75 Å². The van der Waals surface area contributed by atoms with Crippen molar-refractivity contribution in [1.29, 1.82) is 0 Å². The number of hydrogen-bond donors (Lipinski definition) is 0. The van der Waals surface area contributed by atoms with Crippen molar-refractivity contribution in [3.05, 3.63) is 58.1 Å². The summed E-state index contributed by atoms with van der Waals surface area (Å²) in [4.78, 5) is 13.0. The van der Waals surface area contributed by atoms with E-state index in [-0.39, 0.29) is 29.9 Å². The third-order valence-corrected chi connectivity index (χ3v) is 5.61. The van der Waals surface area contributed by atoms with Gasteiger partial charge in [0.1, 0.15) is 13.9 Å². The molecule has 0 fully saturated rings. The average molecular weight is 394 g/mol. The molecule has 0 saturated carbocycles. The van der Waals surface area contributed by atoms with Crippen LogP contribution < -0.4 is 10.0 Å². The van der Waals surface area contributed by atoms with E-state index in [1.165, 1.54) is 0 Å². The largest absolute Gasteiger partial charge is 0.497 e. The van der Waals surface area contributed by atoms with Crippen LogP contribution in [0, 0.1) is 0 Å². The molecule has 1 unspecified atom stereocenters. The summed E-state index contributed by atoms with van der Waals surface area (Å²) in [5.41, 5.74) is 0.0436. The second-order valence-corrected chi connectivity index (χ2v) is 7.30. The molecular formula is C17H17Cl2LiO4P. The average Bonchev–Trinajstić information content (AvgIpc) is 2.59. The van der Waals surface area contributed by atoms with Crippen LogP contribution in [0.3, 0.4) is 0 Å². The molecular weight excluding hydrogens is 377 g/mol. The summed E-state index contributed by atoms with van der Waals surface area (Å²) in [6.45, 7) is 0.681. The van der Waals surface area contributed by atoms with E-state index in [1.54, 1.807) is 56.7 Å². The Morgan fingerprint density at radius 2 is 1.60 bits per heavy atom. The quantitative estimate of drug-likeness (QED) is 0.384. The van der Waals surface area contributed by atoms with E-state index in [2.05, 4.69) is 0 Å². The Kier molecular flexibility index (Phi) is 10.1. The summed E-state index contributed by atoms with van der Waals surface area (Å²) in [5, 5.41) is 1.37. The van der Waals surface area contributed by atoms with Gasteiger partial charge in [-0.15, -0.1) is 0 Å². The van der Waals surface area contributed by atoms with Gasteiger partial charge < -0.3 is 14.0 Å². The van der Waals surface area contributed by atoms with E-state index in [0.29, 0.717) is 29.0 Å². The topological polar surface area (TPSA) is 44.8 Å². The summed E-state index contributed by atoms with van der Waals surface area (Å²) in [7, 11) is 1.56. The maximum absolute atomic E-state index is 13.0. The van der Waals surface area contributed by atoms with Crippen molar-refractivity contribution in [2.75, 3.05) is 27.4 Å². The molecule has 1 radical (unpaired) electrons. The first-order valence-electron chi connectivity index (χ1n) is 7.13. The number of hydrogen-bond acceptors (Lipinski definition) is 4. The molecule has 0 aromatic heterocycles. The van der Waals surface area contributed by atoms with Crippen LogP contribution in [0.2, 0.25) is 10.0 Å². The molecule has 25 heavy (non-hydrogen) atoms. The minimum Gasteiger partial charge on any atom is -0.497 e. The molecule has 2 rings (SSSR count). The maximum atomic E-state index is 13.0. The van der Waals surface area contributed by atoms with Crippen LogP contribution >= 0.6 is 31.4 Å². The maximum Gasteiger partial charge on any atom is 0.219 e. The minimum absolute atomic E-state index is 0.